The maximum atomic E-state index is 14.3. The van der Waals surface area contributed by atoms with Crippen LogP contribution in [0.1, 0.15) is 17.5 Å². The van der Waals surface area contributed by atoms with Gasteiger partial charge in [-0.25, -0.2) is 13.8 Å². The molecule has 32 heavy (non-hydrogen) atoms. The SMILES string of the molecule is Cc1cccc2[nH]c(-c3cncc(-c4cc(F)c(F)c(C#N)c4)c3N3CC[C@H](N)C3)nc12. The molecule has 8 heteroatoms. The monoisotopic (exact) mass is 430 g/mol. The molecule has 0 spiro atoms. The molecular weight excluding hydrogens is 410 g/mol. The molecular formula is C24H20F2N6. The van der Waals surface area contributed by atoms with Crippen molar-refractivity contribution in [1.29, 1.82) is 5.26 Å². The molecule has 0 amide bonds. The van der Waals surface area contributed by atoms with Crippen LogP contribution in [0.25, 0.3) is 33.5 Å². The lowest BCUT2D eigenvalue weighted by Crippen LogP contribution is -2.27. The minimum Gasteiger partial charge on any atom is -0.369 e. The Morgan fingerprint density at radius 2 is 2.03 bits per heavy atom. The highest BCUT2D eigenvalue weighted by Crippen LogP contribution is 2.40. The molecule has 3 heterocycles. The Morgan fingerprint density at radius 1 is 1.22 bits per heavy atom. The molecule has 0 saturated carbocycles. The average Bonchev–Trinajstić information content (AvgIpc) is 3.42. The van der Waals surface area contributed by atoms with Crippen LogP contribution in [-0.4, -0.2) is 34.1 Å². The molecule has 0 aliphatic carbocycles. The first-order valence-electron chi connectivity index (χ1n) is 10.3. The zero-order valence-electron chi connectivity index (χ0n) is 17.4. The highest BCUT2D eigenvalue weighted by atomic mass is 19.2. The number of para-hydroxylation sites is 1. The van der Waals surface area contributed by atoms with Gasteiger partial charge in [-0.05, 0) is 42.7 Å². The zero-order valence-corrected chi connectivity index (χ0v) is 17.4. The van der Waals surface area contributed by atoms with Crippen LogP contribution < -0.4 is 10.6 Å². The lowest BCUT2D eigenvalue weighted by atomic mass is 9.99. The number of H-pyrrole nitrogens is 1. The van der Waals surface area contributed by atoms with Crippen molar-refractivity contribution in [2.45, 2.75) is 19.4 Å². The molecule has 1 aliphatic rings. The number of hydrogen-bond acceptors (Lipinski definition) is 5. The second-order valence-electron chi connectivity index (χ2n) is 8.07. The Labute approximate surface area is 183 Å². The summed E-state index contributed by atoms with van der Waals surface area (Å²) in [6.07, 6.45) is 4.12. The smallest absolute Gasteiger partial charge is 0.176 e. The van der Waals surface area contributed by atoms with Crippen LogP contribution >= 0.6 is 0 Å². The van der Waals surface area contributed by atoms with Crippen molar-refractivity contribution in [3.05, 3.63) is 65.5 Å². The number of anilines is 1. The van der Waals surface area contributed by atoms with Crippen LogP contribution in [0, 0.1) is 29.9 Å². The fraction of sp³-hybridized carbons (Fsp3) is 0.208. The predicted molar refractivity (Wildman–Crippen MR) is 119 cm³/mol. The van der Waals surface area contributed by atoms with Crippen LogP contribution in [-0.2, 0) is 0 Å². The van der Waals surface area contributed by atoms with E-state index in [0.29, 0.717) is 30.0 Å². The first-order valence-corrected chi connectivity index (χ1v) is 10.3. The molecule has 0 radical (unpaired) electrons. The van der Waals surface area contributed by atoms with E-state index in [1.807, 2.05) is 25.1 Å². The fourth-order valence-electron chi connectivity index (χ4n) is 4.30. The topological polar surface area (TPSA) is 94.6 Å². The summed E-state index contributed by atoms with van der Waals surface area (Å²) >= 11 is 0. The van der Waals surface area contributed by atoms with Crippen molar-refractivity contribution >= 4 is 16.7 Å². The number of benzene rings is 2. The minimum absolute atomic E-state index is 0.00130. The number of nitrogens with two attached hydrogens (primary N) is 1. The van der Waals surface area contributed by atoms with E-state index in [-0.39, 0.29) is 11.6 Å². The van der Waals surface area contributed by atoms with Gasteiger partial charge in [0.2, 0.25) is 0 Å². The number of nitrogens with one attached hydrogen (secondary N) is 1. The maximum absolute atomic E-state index is 14.3. The van der Waals surface area contributed by atoms with Gasteiger partial charge in [-0.3, -0.25) is 4.98 Å². The number of pyridine rings is 1. The van der Waals surface area contributed by atoms with Crippen LogP contribution in [0.2, 0.25) is 0 Å². The minimum atomic E-state index is -1.15. The quantitative estimate of drug-likeness (QED) is 0.506. The zero-order chi connectivity index (χ0) is 22.4. The fourth-order valence-corrected chi connectivity index (χ4v) is 4.30. The van der Waals surface area contributed by atoms with E-state index in [4.69, 9.17) is 10.7 Å². The highest BCUT2D eigenvalue weighted by molar-refractivity contribution is 5.91. The predicted octanol–water partition coefficient (Wildman–Crippen LogP) is 4.29. The van der Waals surface area contributed by atoms with Gasteiger partial charge in [-0.2, -0.15) is 5.26 Å². The van der Waals surface area contributed by atoms with E-state index >= 15 is 0 Å². The Balaban J connectivity index is 1.76. The first-order chi connectivity index (χ1) is 15.5. The van der Waals surface area contributed by atoms with Gasteiger partial charge >= 0.3 is 0 Å². The normalized spacial score (nSPS) is 16.0. The summed E-state index contributed by atoms with van der Waals surface area (Å²) in [5.41, 5.74) is 11.1. The number of fused-ring (bicyclic) bond motifs is 1. The van der Waals surface area contributed by atoms with Gasteiger partial charge in [-0.1, -0.05) is 12.1 Å². The van der Waals surface area contributed by atoms with E-state index in [2.05, 4.69) is 14.9 Å². The summed E-state index contributed by atoms with van der Waals surface area (Å²) in [5.74, 6) is -1.60. The van der Waals surface area contributed by atoms with Gasteiger partial charge in [0.1, 0.15) is 11.9 Å². The van der Waals surface area contributed by atoms with Crippen molar-refractivity contribution < 1.29 is 8.78 Å². The number of rotatable bonds is 3. The Bertz CT molecular complexity index is 1390. The van der Waals surface area contributed by atoms with Crippen molar-refractivity contribution in [2.24, 2.45) is 5.73 Å². The van der Waals surface area contributed by atoms with Crippen LogP contribution in [0.3, 0.4) is 0 Å². The van der Waals surface area contributed by atoms with Crippen LogP contribution in [0.4, 0.5) is 14.5 Å². The molecule has 1 fully saturated rings. The molecule has 1 atom stereocenters. The summed E-state index contributed by atoms with van der Waals surface area (Å²) in [7, 11) is 0. The Kier molecular flexibility index (Phi) is 4.83. The van der Waals surface area contributed by atoms with Gasteiger partial charge in [-0.15, -0.1) is 0 Å². The lowest BCUT2D eigenvalue weighted by Gasteiger charge is -2.24. The highest BCUT2D eigenvalue weighted by Gasteiger charge is 2.27. The standard InChI is InChI=1S/C24H20F2N6/c1-13-3-2-4-20-22(13)31-24(30-20)18-11-29-10-17(23(18)32-6-5-16(28)12-32)14-7-15(9-27)21(26)19(25)8-14/h2-4,7-8,10-11,16H,5-6,12,28H2,1H3,(H,30,31)/t16-/m0/s1. The molecule has 5 rings (SSSR count). The number of aromatic nitrogens is 3. The third-order valence-corrected chi connectivity index (χ3v) is 5.89. The van der Waals surface area contributed by atoms with E-state index < -0.39 is 11.6 Å². The molecule has 1 saturated heterocycles. The third kappa shape index (κ3) is 3.27. The molecule has 160 valence electrons. The molecule has 3 N–H and O–H groups in total. The van der Waals surface area contributed by atoms with Crippen molar-refractivity contribution in [3.63, 3.8) is 0 Å². The molecule has 0 bridgehead atoms. The number of imidazole rings is 1. The second-order valence-corrected chi connectivity index (χ2v) is 8.07. The van der Waals surface area contributed by atoms with Gasteiger partial charge < -0.3 is 15.6 Å². The number of nitrogens with zero attached hydrogens (tertiary/aromatic N) is 4. The van der Waals surface area contributed by atoms with E-state index in [1.165, 1.54) is 6.07 Å². The summed E-state index contributed by atoms with van der Waals surface area (Å²) < 4.78 is 28.3. The molecule has 6 nitrogen and oxygen atoms in total. The van der Waals surface area contributed by atoms with E-state index in [0.717, 1.165) is 40.3 Å². The maximum Gasteiger partial charge on any atom is 0.176 e. The van der Waals surface area contributed by atoms with Crippen molar-refractivity contribution in [3.8, 4) is 28.6 Å². The lowest BCUT2D eigenvalue weighted by molar-refractivity contribution is 0.507. The Morgan fingerprint density at radius 3 is 2.75 bits per heavy atom. The summed E-state index contributed by atoms with van der Waals surface area (Å²) in [6.45, 7) is 3.31. The van der Waals surface area contributed by atoms with E-state index in [1.54, 1.807) is 18.5 Å². The third-order valence-electron chi connectivity index (χ3n) is 5.89. The number of nitriles is 1. The van der Waals surface area contributed by atoms with Crippen LogP contribution in [0.5, 0.6) is 0 Å². The van der Waals surface area contributed by atoms with E-state index in [9.17, 15) is 14.0 Å². The molecule has 2 aromatic heterocycles. The largest absolute Gasteiger partial charge is 0.369 e. The van der Waals surface area contributed by atoms with Gasteiger partial charge in [0.25, 0.3) is 0 Å². The average molecular weight is 430 g/mol. The number of aromatic amines is 1. The van der Waals surface area contributed by atoms with Crippen molar-refractivity contribution in [2.75, 3.05) is 18.0 Å². The second kappa shape index (κ2) is 7.70. The number of halogens is 2. The van der Waals surface area contributed by atoms with Crippen LogP contribution in [0.15, 0.2) is 42.7 Å². The number of aryl methyl sites for hydroxylation is 1. The Hall–Kier alpha value is -3.83. The molecule has 4 aromatic rings. The summed E-state index contributed by atoms with van der Waals surface area (Å²) in [6, 6.07) is 10.1. The van der Waals surface area contributed by atoms with Gasteiger partial charge in [0.05, 0.1) is 27.8 Å². The van der Waals surface area contributed by atoms with Gasteiger partial charge in [0, 0.05) is 37.1 Å². The molecule has 1 aliphatic heterocycles. The molecule has 0 unspecified atom stereocenters. The molecule has 2 aromatic carbocycles. The first kappa shape index (κ1) is 20.1. The van der Waals surface area contributed by atoms with Crippen molar-refractivity contribution in [1.82, 2.24) is 15.0 Å². The number of hydrogen-bond donors (Lipinski definition) is 2. The van der Waals surface area contributed by atoms with Gasteiger partial charge in [0.15, 0.2) is 11.6 Å². The summed E-state index contributed by atoms with van der Waals surface area (Å²) in [4.78, 5) is 14.6. The summed E-state index contributed by atoms with van der Waals surface area (Å²) in [5, 5.41) is 9.25.